The van der Waals surface area contributed by atoms with E-state index in [0.717, 1.165) is 24.9 Å². The lowest BCUT2D eigenvalue weighted by atomic mass is 10.1. The first-order valence-corrected chi connectivity index (χ1v) is 7.45. The highest BCUT2D eigenvalue weighted by Gasteiger charge is 2.21. The summed E-state index contributed by atoms with van der Waals surface area (Å²) in [6, 6.07) is 7.69. The van der Waals surface area contributed by atoms with Crippen molar-refractivity contribution in [2.24, 2.45) is 0 Å². The second-order valence-corrected chi connectivity index (χ2v) is 5.52. The first-order chi connectivity index (χ1) is 10.1. The van der Waals surface area contributed by atoms with Gasteiger partial charge in [-0.05, 0) is 44.2 Å². The standard InChI is InChI=1S/C16H22N2O3/c1-12(9-10-15(19)20)17-16(21)18-11-5-4-7-13-6-2-3-8-14(13)18/h2-3,6,8,12H,4-5,7,9-11H2,1H3,(H,17,21)(H,19,20). The fourth-order valence-corrected chi connectivity index (χ4v) is 2.60. The van der Waals surface area contributed by atoms with E-state index in [2.05, 4.69) is 11.4 Å². The number of rotatable bonds is 4. The average Bonchev–Trinajstić information content (AvgIpc) is 2.67. The van der Waals surface area contributed by atoms with E-state index in [1.54, 1.807) is 4.90 Å². The van der Waals surface area contributed by atoms with Crippen molar-refractivity contribution in [3.63, 3.8) is 0 Å². The van der Waals surface area contributed by atoms with E-state index in [-0.39, 0.29) is 18.5 Å². The highest BCUT2D eigenvalue weighted by atomic mass is 16.4. The lowest BCUT2D eigenvalue weighted by Crippen LogP contribution is -2.44. The molecular formula is C16H22N2O3. The monoisotopic (exact) mass is 290 g/mol. The minimum absolute atomic E-state index is 0.0675. The number of urea groups is 1. The number of benzene rings is 1. The molecule has 1 heterocycles. The number of nitrogens with one attached hydrogen (secondary N) is 1. The Morgan fingerprint density at radius 1 is 1.33 bits per heavy atom. The number of amides is 2. The van der Waals surface area contributed by atoms with Crippen LogP contribution in [0.15, 0.2) is 24.3 Å². The molecule has 0 aliphatic carbocycles. The molecule has 2 rings (SSSR count). The minimum atomic E-state index is -0.837. The van der Waals surface area contributed by atoms with Crippen molar-refractivity contribution in [2.75, 3.05) is 11.4 Å². The van der Waals surface area contributed by atoms with Crippen molar-refractivity contribution in [1.82, 2.24) is 5.32 Å². The molecule has 0 radical (unpaired) electrons. The van der Waals surface area contributed by atoms with Crippen LogP contribution in [0.25, 0.3) is 0 Å². The highest BCUT2D eigenvalue weighted by Crippen LogP contribution is 2.26. The number of hydrogen-bond donors (Lipinski definition) is 2. The fourth-order valence-electron chi connectivity index (χ4n) is 2.60. The van der Waals surface area contributed by atoms with Crippen LogP contribution in [0.4, 0.5) is 10.5 Å². The molecule has 0 fully saturated rings. The molecule has 5 nitrogen and oxygen atoms in total. The Bertz CT molecular complexity index is 516. The number of para-hydroxylation sites is 1. The molecule has 0 saturated heterocycles. The van der Waals surface area contributed by atoms with Crippen LogP contribution >= 0.6 is 0 Å². The SMILES string of the molecule is CC(CCC(=O)O)NC(=O)N1CCCCc2ccccc21. The number of carbonyl (C=O) groups excluding carboxylic acids is 1. The molecule has 2 amide bonds. The Balaban J connectivity index is 2.03. The van der Waals surface area contributed by atoms with Crippen LogP contribution in [-0.2, 0) is 11.2 Å². The van der Waals surface area contributed by atoms with Crippen molar-refractivity contribution in [3.8, 4) is 0 Å². The number of aryl methyl sites for hydroxylation is 1. The summed E-state index contributed by atoms with van der Waals surface area (Å²) in [6.45, 7) is 2.54. The number of carboxylic acids is 1. The van der Waals surface area contributed by atoms with Gasteiger partial charge >= 0.3 is 12.0 Å². The summed E-state index contributed by atoms with van der Waals surface area (Å²) >= 11 is 0. The summed E-state index contributed by atoms with van der Waals surface area (Å²) < 4.78 is 0. The topological polar surface area (TPSA) is 69.6 Å². The van der Waals surface area contributed by atoms with E-state index in [0.29, 0.717) is 13.0 Å². The molecule has 1 aliphatic heterocycles. The molecule has 0 bridgehead atoms. The predicted octanol–water partition coefficient (Wildman–Crippen LogP) is 2.79. The first kappa shape index (κ1) is 15.4. The maximum atomic E-state index is 12.4. The Hall–Kier alpha value is -2.04. The quantitative estimate of drug-likeness (QED) is 0.896. The van der Waals surface area contributed by atoms with Crippen LogP contribution in [0.5, 0.6) is 0 Å². The van der Waals surface area contributed by atoms with Crippen LogP contribution in [0.2, 0.25) is 0 Å². The molecule has 1 aromatic carbocycles. The molecule has 0 aromatic heterocycles. The van der Waals surface area contributed by atoms with Crippen molar-refractivity contribution >= 4 is 17.7 Å². The number of carbonyl (C=O) groups is 2. The zero-order chi connectivity index (χ0) is 15.2. The maximum absolute atomic E-state index is 12.4. The fraction of sp³-hybridized carbons (Fsp3) is 0.500. The van der Waals surface area contributed by atoms with Crippen LogP contribution < -0.4 is 10.2 Å². The van der Waals surface area contributed by atoms with Crippen molar-refractivity contribution in [2.45, 2.75) is 45.1 Å². The Labute approximate surface area is 125 Å². The van der Waals surface area contributed by atoms with Crippen LogP contribution in [0, 0.1) is 0 Å². The molecule has 5 heteroatoms. The predicted molar refractivity (Wildman–Crippen MR) is 81.6 cm³/mol. The van der Waals surface area contributed by atoms with Gasteiger partial charge in [-0.3, -0.25) is 9.69 Å². The maximum Gasteiger partial charge on any atom is 0.322 e. The lowest BCUT2D eigenvalue weighted by Gasteiger charge is -2.25. The Kier molecular flexibility index (Phi) is 5.20. The average molecular weight is 290 g/mol. The Morgan fingerprint density at radius 3 is 2.86 bits per heavy atom. The summed E-state index contributed by atoms with van der Waals surface area (Å²) in [7, 11) is 0. The molecule has 1 unspecified atom stereocenters. The first-order valence-electron chi connectivity index (χ1n) is 7.45. The molecule has 21 heavy (non-hydrogen) atoms. The van der Waals surface area contributed by atoms with Crippen LogP contribution in [0.3, 0.4) is 0 Å². The largest absolute Gasteiger partial charge is 0.481 e. The molecule has 2 N–H and O–H groups in total. The van der Waals surface area contributed by atoms with E-state index in [1.807, 2.05) is 25.1 Å². The molecule has 1 aromatic rings. The molecule has 1 aliphatic rings. The lowest BCUT2D eigenvalue weighted by molar-refractivity contribution is -0.137. The Morgan fingerprint density at radius 2 is 2.10 bits per heavy atom. The zero-order valence-electron chi connectivity index (χ0n) is 12.3. The van der Waals surface area contributed by atoms with Gasteiger partial charge in [-0.15, -0.1) is 0 Å². The number of hydrogen-bond acceptors (Lipinski definition) is 2. The smallest absolute Gasteiger partial charge is 0.322 e. The van der Waals surface area contributed by atoms with Gasteiger partial charge in [0.15, 0.2) is 0 Å². The molecular weight excluding hydrogens is 268 g/mol. The van der Waals surface area contributed by atoms with Gasteiger partial charge in [0.25, 0.3) is 0 Å². The number of aliphatic carboxylic acids is 1. The number of carboxylic acid groups (broad SMARTS) is 1. The van der Waals surface area contributed by atoms with E-state index in [4.69, 9.17) is 5.11 Å². The van der Waals surface area contributed by atoms with Gasteiger partial charge in [-0.2, -0.15) is 0 Å². The number of nitrogens with zero attached hydrogens (tertiary/aromatic N) is 1. The van der Waals surface area contributed by atoms with E-state index < -0.39 is 5.97 Å². The van der Waals surface area contributed by atoms with E-state index in [9.17, 15) is 9.59 Å². The highest BCUT2D eigenvalue weighted by molar-refractivity contribution is 5.93. The van der Waals surface area contributed by atoms with Gasteiger partial charge in [0.05, 0.1) is 0 Å². The van der Waals surface area contributed by atoms with Gasteiger partial charge in [-0.1, -0.05) is 18.2 Å². The molecule has 0 saturated carbocycles. The van der Waals surface area contributed by atoms with E-state index in [1.165, 1.54) is 5.56 Å². The summed E-state index contributed by atoms with van der Waals surface area (Å²) in [6.07, 6.45) is 3.56. The number of anilines is 1. The summed E-state index contributed by atoms with van der Waals surface area (Å²) in [4.78, 5) is 24.8. The van der Waals surface area contributed by atoms with Gasteiger partial charge in [-0.25, -0.2) is 4.79 Å². The molecule has 0 spiro atoms. The zero-order valence-corrected chi connectivity index (χ0v) is 12.3. The van der Waals surface area contributed by atoms with Gasteiger partial charge in [0, 0.05) is 24.7 Å². The second kappa shape index (κ2) is 7.11. The third-order valence-corrected chi connectivity index (χ3v) is 3.77. The van der Waals surface area contributed by atoms with Crippen LogP contribution in [-0.4, -0.2) is 29.7 Å². The summed E-state index contributed by atoms with van der Waals surface area (Å²) in [5, 5.41) is 11.6. The summed E-state index contributed by atoms with van der Waals surface area (Å²) in [5.41, 5.74) is 2.17. The van der Waals surface area contributed by atoms with Gasteiger partial charge in [0.1, 0.15) is 0 Å². The van der Waals surface area contributed by atoms with Gasteiger partial charge < -0.3 is 10.4 Å². The minimum Gasteiger partial charge on any atom is -0.481 e. The van der Waals surface area contributed by atoms with Crippen molar-refractivity contribution in [1.29, 1.82) is 0 Å². The normalized spacial score (nSPS) is 15.8. The van der Waals surface area contributed by atoms with Crippen LogP contribution in [0.1, 0.15) is 38.2 Å². The molecule has 1 atom stereocenters. The summed E-state index contributed by atoms with van der Waals surface area (Å²) in [5.74, 6) is -0.837. The molecule has 114 valence electrons. The van der Waals surface area contributed by atoms with Gasteiger partial charge in [0.2, 0.25) is 0 Å². The number of fused-ring (bicyclic) bond motifs is 1. The third kappa shape index (κ3) is 4.21. The van der Waals surface area contributed by atoms with E-state index >= 15 is 0 Å². The van der Waals surface area contributed by atoms with Crippen molar-refractivity contribution in [3.05, 3.63) is 29.8 Å². The third-order valence-electron chi connectivity index (χ3n) is 3.77. The second-order valence-electron chi connectivity index (χ2n) is 5.52. The van der Waals surface area contributed by atoms with Crippen molar-refractivity contribution < 1.29 is 14.7 Å².